The number of rotatable bonds is 2. The monoisotopic (exact) mass is 278 g/mol. The van der Waals surface area contributed by atoms with Gasteiger partial charge in [0.05, 0.1) is 5.52 Å². The Labute approximate surface area is 113 Å². The lowest BCUT2D eigenvalue weighted by Crippen LogP contribution is -1.90. The van der Waals surface area contributed by atoms with Crippen LogP contribution in [0.25, 0.3) is 11.0 Å². The lowest BCUT2D eigenvalue weighted by atomic mass is 10.1. The highest BCUT2D eigenvalue weighted by Crippen LogP contribution is 2.19. The van der Waals surface area contributed by atoms with Crippen LogP contribution in [0.15, 0.2) is 36.4 Å². The zero-order valence-electron chi connectivity index (χ0n) is 9.75. The summed E-state index contributed by atoms with van der Waals surface area (Å²) < 4.78 is 26.6. The molecule has 3 aromatic rings. The number of aromatic nitrogens is 2. The van der Waals surface area contributed by atoms with E-state index in [0.29, 0.717) is 22.8 Å². The lowest BCUT2D eigenvalue weighted by molar-refractivity contribution is 0.590. The van der Waals surface area contributed by atoms with Gasteiger partial charge in [-0.25, -0.2) is 13.8 Å². The topological polar surface area (TPSA) is 28.7 Å². The molecule has 0 saturated carbocycles. The maximum Gasteiger partial charge on any atom is 0.153 e. The lowest BCUT2D eigenvalue weighted by Gasteiger charge is -1.98. The Morgan fingerprint density at radius 1 is 1.16 bits per heavy atom. The molecule has 0 saturated heterocycles. The second-order valence-corrected chi connectivity index (χ2v) is 4.71. The molecule has 1 aromatic heterocycles. The number of nitrogens with zero attached hydrogens (tertiary/aromatic N) is 1. The van der Waals surface area contributed by atoms with Crippen molar-refractivity contribution in [2.75, 3.05) is 0 Å². The van der Waals surface area contributed by atoms with E-state index in [0.717, 1.165) is 11.6 Å². The van der Waals surface area contributed by atoms with Crippen molar-refractivity contribution in [3.8, 4) is 0 Å². The van der Waals surface area contributed by atoms with Gasteiger partial charge in [0.25, 0.3) is 0 Å². The fraction of sp³-hybridized carbons (Fsp3) is 0.0714. The maximum atomic E-state index is 13.5. The van der Waals surface area contributed by atoms with Crippen LogP contribution in [0, 0.1) is 11.6 Å². The number of benzene rings is 2. The molecule has 0 fully saturated rings. The molecular weight excluding hydrogens is 270 g/mol. The molecule has 0 radical (unpaired) electrons. The predicted octanol–water partition coefficient (Wildman–Crippen LogP) is 4.09. The van der Waals surface area contributed by atoms with Crippen molar-refractivity contribution in [1.82, 2.24) is 9.97 Å². The van der Waals surface area contributed by atoms with Crippen molar-refractivity contribution in [2.24, 2.45) is 0 Å². The first kappa shape index (κ1) is 12.1. The smallest absolute Gasteiger partial charge is 0.153 e. The summed E-state index contributed by atoms with van der Waals surface area (Å²) >= 11 is 5.90. The molecule has 96 valence electrons. The molecule has 5 heteroatoms. The number of fused-ring (bicyclic) bond motifs is 1. The highest BCUT2D eigenvalue weighted by Gasteiger charge is 2.10. The number of hydrogen-bond donors (Lipinski definition) is 1. The summed E-state index contributed by atoms with van der Waals surface area (Å²) in [4.78, 5) is 7.05. The molecule has 1 N–H and O–H groups in total. The average molecular weight is 279 g/mol. The minimum Gasteiger partial charge on any atom is -0.342 e. The standard InChI is InChI=1S/C14H9ClF2N2/c15-9-3-1-2-8(4-9)5-13-18-12-7-10(16)6-11(17)14(12)19-13/h1-4,6-7H,5H2,(H,18,19). The van der Waals surface area contributed by atoms with E-state index >= 15 is 0 Å². The van der Waals surface area contributed by atoms with Crippen LogP contribution in [0.3, 0.4) is 0 Å². The molecule has 0 unspecified atom stereocenters. The van der Waals surface area contributed by atoms with Crippen LogP contribution in [0.1, 0.15) is 11.4 Å². The van der Waals surface area contributed by atoms with Gasteiger partial charge in [0.15, 0.2) is 5.82 Å². The van der Waals surface area contributed by atoms with E-state index in [1.807, 2.05) is 18.2 Å². The summed E-state index contributed by atoms with van der Waals surface area (Å²) in [6.07, 6.45) is 0.482. The quantitative estimate of drug-likeness (QED) is 0.751. The Hall–Kier alpha value is -1.94. The van der Waals surface area contributed by atoms with E-state index in [4.69, 9.17) is 11.6 Å². The molecule has 0 aliphatic rings. The van der Waals surface area contributed by atoms with Crippen molar-refractivity contribution in [2.45, 2.75) is 6.42 Å². The molecule has 0 aliphatic heterocycles. The van der Waals surface area contributed by atoms with E-state index in [1.165, 1.54) is 6.07 Å². The second-order valence-electron chi connectivity index (χ2n) is 4.27. The van der Waals surface area contributed by atoms with Crippen molar-refractivity contribution >= 4 is 22.6 Å². The third-order valence-corrected chi connectivity index (χ3v) is 3.05. The van der Waals surface area contributed by atoms with Crippen molar-refractivity contribution in [3.05, 3.63) is 64.4 Å². The van der Waals surface area contributed by atoms with Gasteiger partial charge in [-0.15, -0.1) is 0 Å². The summed E-state index contributed by atoms with van der Waals surface area (Å²) in [5.74, 6) is -0.715. The van der Waals surface area contributed by atoms with Crippen LogP contribution in [0.2, 0.25) is 5.02 Å². The fourth-order valence-corrected chi connectivity index (χ4v) is 2.23. The molecule has 3 rings (SSSR count). The van der Waals surface area contributed by atoms with Gasteiger partial charge < -0.3 is 4.98 Å². The minimum atomic E-state index is -0.663. The Morgan fingerprint density at radius 2 is 2.00 bits per heavy atom. The highest BCUT2D eigenvalue weighted by molar-refractivity contribution is 6.30. The third-order valence-electron chi connectivity index (χ3n) is 2.81. The van der Waals surface area contributed by atoms with Crippen LogP contribution in [0.4, 0.5) is 8.78 Å². The number of imidazole rings is 1. The molecule has 2 aromatic carbocycles. The van der Waals surface area contributed by atoms with E-state index in [1.54, 1.807) is 6.07 Å². The first-order chi connectivity index (χ1) is 9.11. The molecule has 0 atom stereocenters. The number of hydrogen-bond acceptors (Lipinski definition) is 1. The van der Waals surface area contributed by atoms with Crippen LogP contribution in [-0.2, 0) is 6.42 Å². The Morgan fingerprint density at radius 3 is 2.79 bits per heavy atom. The maximum absolute atomic E-state index is 13.5. The summed E-state index contributed by atoms with van der Waals surface area (Å²) in [5, 5.41) is 0.630. The van der Waals surface area contributed by atoms with Gasteiger partial charge in [0.2, 0.25) is 0 Å². The normalized spacial score (nSPS) is 11.1. The first-order valence-electron chi connectivity index (χ1n) is 5.70. The van der Waals surface area contributed by atoms with E-state index in [9.17, 15) is 8.78 Å². The molecule has 0 spiro atoms. The van der Waals surface area contributed by atoms with Crippen molar-refractivity contribution < 1.29 is 8.78 Å². The van der Waals surface area contributed by atoms with Crippen molar-refractivity contribution in [3.63, 3.8) is 0 Å². The highest BCUT2D eigenvalue weighted by atomic mass is 35.5. The SMILES string of the molecule is Fc1cc(F)c2nc(Cc3cccc(Cl)c3)[nH]c2c1. The van der Waals surface area contributed by atoms with Gasteiger partial charge in [-0.05, 0) is 23.8 Å². The van der Waals surface area contributed by atoms with Crippen LogP contribution >= 0.6 is 11.6 Å². The van der Waals surface area contributed by atoms with Gasteiger partial charge in [0.1, 0.15) is 17.2 Å². The average Bonchev–Trinajstić information content (AvgIpc) is 2.71. The van der Waals surface area contributed by atoms with Crippen LogP contribution < -0.4 is 0 Å². The van der Waals surface area contributed by atoms with E-state index < -0.39 is 11.6 Å². The van der Waals surface area contributed by atoms with Gasteiger partial charge in [0, 0.05) is 17.5 Å². The van der Waals surface area contributed by atoms with Gasteiger partial charge in [-0.3, -0.25) is 0 Å². The Kier molecular flexibility index (Phi) is 2.95. The van der Waals surface area contributed by atoms with Gasteiger partial charge in [-0.2, -0.15) is 0 Å². The molecule has 0 bridgehead atoms. The Balaban J connectivity index is 2.00. The number of H-pyrrole nitrogens is 1. The zero-order chi connectivity index (χ0) is 13.4. The second kappa shape index (κ2) is 4.63. The molecule has 1 heterocycles. The van der Waals surface area contributed by atoms with Crippen molar-refractivity contribution in [1.29, 1.82) is 0 Å². The van der Waals surface area contributed by atoms with Gasteiger partial charge >= 0.3 is 0 Å². The third kappa shape index (κ3) is 2.44. The molecule has 2 nitrogen and oxygen atoms in total. The minimum absolute atomic E-state index is 0.151. The fourth-order valence-electron chi connectivity index (χ4n) is 2.02. The summed E-state index contributed by atoms with van der Waals surface area (Å²) in [6.45, 7) is 0. The molecule has 0 aliphatic carbocycles. The number of halogens is 3. The zero-order valence-corrected chi connectivity index (χ0v) is 10.5. The molecular formula is C14H9ClF2N2. The molecule has 0 amide bonds. The van der Waals surface area contributed by atoms with E-state index in [-0.39, 0.29) is 5.52 Å². The summed E-state index contributed by atoms with van der Waals surface area (Å²) in [6, 6.07) is 9.38. The van der Waals surface area contributed by atoms with Crippen LogP contribution in [0.5, 0.6) is 0 Å². The van der Waals surface area contributed by atoms with Gasteiger partial charge in [-0.1, -0.05) is 23.7 Å². The summed E-state index contributed by atoms with van der Waals surface area (Å²) in [5.41, 5.74) is 1.46. The first-order valence-corrected chi connectivity index (χ1v) is 6.08. The predicted molar refractivity (Wildman–Crippen MR) is 70.3 cm³/mol. The van der Waals surface area contributed by atoms with Crippen LogP contribution in [-0.4, -0.2) is 9.97 Å². The Bertz CT molecular complexity index is 752. The summed E-state index contributed by atoms with van der Waals surface area (Å²) in [7, 11) is 0. The number of aromatic amines is 1. The molecule has 19 heavy (non-hydrogen) atoms. The van der Waals surface area contributed by atoms with E-state index in [2.05, 4.69) is 9.97 Å². The largest absolute Gasteiger partial charge is 0.342 e. The number of nitrogens with one attached hydrogen (secondary N) is 1.